The number of nitro benzene ring substituents is 1. The van der Waals surface area contributed by atoms with Gasteiger partial charge in [0.1, 0.15) is 0 Å². The summed E-state index contributed by atoms with van der Waals surface area (Å²) in [5.41, 5.74) is 2.10. The van der Waals surface area contributed by atoms with Gasteiger partial charge in [0, 0.05) is 43.0 Å². The fourth-order valence-corrected chi connectivity index (χ4v) is 3.19. The van der Waals surface area contributed by atoms with Crippen LogP contribution in [0.1, 0.15) is 5.56 Å². The van der Waals surface area contributed by atoms with Crippen molar-refractivity contribution in [2.45, 2.75) is 6.92 Å². The summed E-state index contributed by atoms with van der Waals surface area (Å²) in [7, 11) is 0. The second-order valence-corrected chi connectivity index (χ2v) is 6.80. The molecular formula is C19H20ClN3O4. The van der Waals surface area contributed by atoms with Crippen molar-refractivity contribution in [3.8, 4) is 5.75 Å². The molecule has 0 bridgehead atoms. The summed E-state index contributed by atoms with van der Waals surface area (Å²) in [5, 5.41) is 11.3. The number of nitro groups is 1. The monoisotopic (exact) mass is 389 g/mol. The van der Waals surface area contributed by atoms with E-state index < -0.39 is 4.92 Å². The number of hydrogen-bond acceptors (Lipinski definition) is 5. The van der Waals surface area contributed by atoms with E-state index in [9.17, 15) is 14.9 Å². The van der Waals surface area contributed by atoms with Crippen molar-refractivity contribution in [1.29, 1.82) is 0 Å². The molecule has 1 saturated heterocycles. The maximum Gasteiger partial charge on any atom is 0.312 e. The lowest BCUT2D eigenvalue weighted by Gasteiger charge is -2.36. The Hall–Kier alpha value is -2.80. The van der Waals surface area contributed by atoms with Gasteiger partial charge in [-0.05, 0) is 36.8 Å². The van der Waals surface area contributed by atoms with Crippen LogP contribution in [-0.2, 0) is 4.79 Å². The number of benzene rings is 2. The standard InChI is InChI=1S/C19H20ClN3O4/c1-14-3-2-4-16(11-14)21-7-9-22(10-8-21)19(24)13-27-18-6-5-15(20)12-17(18)23(25)26/h2-6,11-12H,7-10,13H2,1H3. The van der Waals surface area contributed by atoms with Gasteiger partial charge in [0.05, 0.1) is 4.92 Å². The van der Waals surface area contributed by atoms with E-state index >= 15 is 0 Å². The molecule has 0 N–H and O–H groups in total. The van der Waals surface area contributed by atoms with Gasteiger partial charge in [0.15, 0.2) is 12.4 Å². The summed E-state index contributed by atoms with van der Waals surface area (Å²) in [6.07, 6.45) is 0. The predicted octanol–water partition coefficient (Wildman–Crippen LogP) is 3.28. The van der Waals surface area contributed by atoms with Crippen LogP contribution in [0.2, 0.25) is 5.02 Å². The summed E-state index contributed by atoms with van der Waals surface area (Å²) in [5.74, 6) is -0.153. The van der Waals surface area contributed by atoms with Crippen LogP contribution >= 0.6 is 11.6 Å². The molecule has 1 fully saturated rings. The van der Waals surface area contributed by atoms with Crippen LogP contribution in [0.5, 0.6) is 5.75 Å². The van der Waals surface area contributed by atoms with Crippen LogP contribution in [0, 0.1) is 17.0 Å². The zero-order valence-electron chi connectivity index (χ0n) is 14.9. The second kappa shape index (κ2) is 8.26. The number of halogens is 1. The van der Waals surface area contributed by atoms with E-state index in [-0.39, 0.29) is 29.0 Å². The van der Waals surface area contributed by atoms with Crippen molar-refractivity contribution in [1.82, 2.24) is 4.90 Å². The Kier molecular flexibility index (Phi) is 5.81. The summed E-state index contributed by atoms with van der Waals surface area (Å²) >= 11 is 5.78. The molecule has 3 rings (SSSR count). The highest BCUT2D eigenvalue weighted by atomic mass is 35.5. The number of ether oxygens (including phenoxy) is 1. The smallest absolute Gasteiger partial charge is 0.312 e. The molecule has 1 heterocycles. The van der Waals surface area contributed by atoms with E-state index in [0.29, 0.717) is 13.1 Å². The minimum atomic E-state index is -0.577. The second-order valence-electron chi connectivity index (χ2n) is 6.36. The molecule has 2 aromatic rings. The van der Waals surface area contributed by atoms with Crippen LogP contribution in [0.4, 0.5) is 11.4 Å². The molecule has 1 amide bonds. The Morgan fingerprint density at radius 3 is 2.59 bits per heavy atom. The normalized spacial score (nSPS) is 14.1. The molecule has 2 aromatic carbocycles. The van der Waals surface area contributed by atoms with E-state index in [0.717, 1.165) is 18.8 Å². The Morgan fingerprint density at radius 2 is 1.93 bits per heavy atom. The highest BCUT2D eigenvalue weighted by Crippen LogP contribution is 2.30. The minimum Gasteiger partial charge on any atom is -0.477 e. The molecule has 0 saturated carbocycles. The number of nitrogens with zero attached hydrogens (tertiary/aromatic N) is 3. The van der Waals surface area contributed by atoms with Crippen LogP contribution in [0.25, 0.3) is 0 Å². The molecule has 7 nitrogen and oxygen atoms in total. The van der Waals surface area contributed by atoms with E-state index in [2.05, 4.69) is 30.0 Å². The number of carbonyl (C=O) groups is 1. The maximum atomic E-state index is 12.4. The molecule has 0 aromatic heterocycles. The molecule has 0 atom stereocenters. The zero-order valence-corrected chi connectivity index (χ0v) is 15.7. The third-order valence-corrected chi connectivity index (χ3v) is 4.70. The van der Waals surface area contributed by atoms with Gasteiger partial charge in [-0.25, -0.2) is 0 Å². The van der Waals surface area contributed by atoms with Crippen molar-refractivity contribution in [2.75, 3.05) is 37.7 Å². The Bertz CT molecular complexity index is 851. The summed E-state index contributed by atoms with van der Waals surface area (Å²) in [4.78, 5) is 26.9. The Balaban J connectivity index is 1.55. The molecule has 0 radical (unpaired) electrons. The highest BCUT2D eigenvalue weighted by molar-refractivity contribution is 6.30. The lowest BCUT2D eigenvalue weighted by molar-refractivity contribution is -0.385. The minimum absolute atomic E-state index is 0.0381. The number of aryl methyl sites for hydroxylation is 1. The quantitative estimate of drug-likeness (QED) is 0.579. The zero-order chi connectivity index (χ0) is 19.4. The fourth-order valence-electron chi connectivity index (χ4n) is 3.02. The molecule has 0 aliphatic carbocycles. The van der Waals surface area contributed by atoms with Crippen LogP contribution < -0.4 is 9.64 Å². The number of piperazine rings is 1. The average molecular weight is 390 g/mol. The van der Waals surface area contributed by atoms with Crippen molar-refractivity contribution < 1.29 is 14.5 Å². The lowest BCUT2D eigenvalue weighted by Crippen LogP contribution is -2.50. The molecule has 8 heteroatoms. The van der Waals surface area contributed by atoms with E-state index in [1.807, 2.05) is 6.07 Å². The van der Waals surface area contributed by atoms with Crippen LogP contribution in [0.15, 0.2) is 42.5 Å². The number of amides is 1. The first-order valence-electron chi connectivity index (χ1n) is 8.60. The number of hydrogen-bond donors (Lipinski definition) is 0. The molecule has 0 unspecified atom stereocenters. The van der Waals surface area contributed by atoms with Gasteiger partial charge in [0.2, 0.25) is 0 Å². The average Bonchev–Trinajstić information content (AvgIpc) is 2.66. The van der Waals surface area contributed by atoms with Gasteiger partial charge in [-0.2, -0.15) is 0 Å². The number of rotatable bonds is 5. The molecule has 0 spiro atoms. The van der Waals surface area contributed by atoms with Gasteiger partial charge in [-0.1, -0.05) is 23.7 Å². The summed E-state index contributed by atoms with van der Waals surface area (Å²) < 4.78 is 5.39. The SMILES string of the molecule is Cc1cccc(N2CCN(C(=O)COc3ccc(Cl)cc3[N+](=O)[O-])CC2)c1. The first-order chi connectivity index (χ1) is 12.9. The largest absolute Gasteiger partial charge is 0.477 e. The van der Waals surface area contributed by atoms with Crippen molar-refractivity contribution in [3.63, 3.8) is 0 Å². The molecule has 1 aliphatic heterocycles. The summed E-state index contributed by atoms with van der Waals surface area (Å²) in [6, 6.07) is 12.4. The molecule has 1 aliphatic rings. The molecule has 142 valence electrons. The van der Waals surface area contributed by atoms with Gasteiger partial charge in [-0.3, -0.25) is 14.9 Å². The van der Waals surface area contributed by atoms with Gasteiger partial charge < -0.3 is 14.5 Å². The van der Waals surface area contributed by atoms with E-state index in [1.54, 1.807) is 4.90 Å². The number of anilines is 1. The lowest BCUT2D eigenvalue weighted by atomic mass is 10.2. The van der Waals surface area contributed by atoms with Gasteiger partial charge in [-0.15, -0.1) is 0 Å². The Labute approximate surface area is 162 Å². The first kappa shape index (κ1) is 19.0. The van der Waals surface area contributed by atoms with E-state index in [4.69, 9.17) is 16.3 Å². The summed E-state index contributed by atoms with van der Waals surface area (Å²) in [6.45, 7) is 4.44. The van der Waals surface area contributed by atoms with Crippen molar-refractivity contribution in [3.05, 3.63) is 63.2 Å². The van der Waals surface area contributed by atoms with Crippen LogP contribution in [-0.4, -0.2) is 48.5 Å². The van der Waals surface area contributed by atoms with Gasteiger partial charge in [0.25, 0.3) is 5.91 Å². The van der Waals surface area contributed by atoms with Crippen LogP contribution in [0.3, 0.4) is 0 Å². The maximum absolute atomic E-state index is 12.4. The van der Waals surface area contributed by atoms with Gasteiger partial charge >= 0.3 is 5.69 Å². The third-order valence-electron chi connectivity index (χ3n) is 4.47. The predicted molar refractivity (Wildman–Crippen MR) is 104 cm³/mol. The highest BCUT2D eigenvalue weighted by Gasteiger charge is 2.23. The molecule has 27 heavy (non-hydrogen) atoms. The van der Waals surface area contributed by atoms with E-state index in [1.165, 1.54) is 23.8 Å². The number of carbonyl (C=O) groups excluding carboxylic acids is 1. The Morgan fingerprint density at radius 1 is 1.19 bits per heavy atom. The topological polar surface area (TPSA) is 75.9 Å². The first-order valence-corrected chi connectivity index (χ1v) is 8.98. The van der Waals surface area contributed by atoms with Crippen molar-refractivity contribution >= 4 is 28.9 Å². The molecular weight excluding hydrogens is 370 g/mol. The third kappa shape index (κ3) is 4.68. The van der Waals surface area contributed by atoms with Crippen molar-refractivity contribution in [2.24, 2.45) is 0 Å². The fraction of sp³-hybridized carbons (Fsp3) is 0.316.